The Hall–Kier alpha value is 0.310. The Kier molecular flexibility index (Phi) is 4.54. The van der Waals surface area contributed by atoms with Crippen LogP contribution >= 0.6 is 7.21 Å². The van der Waals surface area contributed by atoms with Crippen LogP contribution in [-0.2, 0) is 0 Å². The molecule has 2 N–H and O–H groups in total. The summed E-state index contributed by atoms with van der Waals surface area (Å²) in [6, 6.07) is 0.338. The molecule has 0 aliphatic heterocycles. The molecule has 0 saturated carbocycles. The van der Waals surface area contributed by atoms with Crippen LogP contribution in [0.1, 0.15) is 41.5 Å². The van der Waals surface area contributed by atoms with E-state index in [0.717, 1.165) is 0 Å². The van der Waals surface area contributed by atoms with Gasteiger partial charge in [0.15, 0.2) is 0 Å². The molecule has 0 aliphatic rings. The summed E-state index contributed by atoms with van der Waals surface area (Å²) in [4.78, 5) is 21.0. The van der Waals surface area contributed by atoms with Gasteiger partial charge in [-0.15, -0.1) is 0 Å². The summed E-state index contributed by atoms with van der Waals surface area (Å²) in [7, 11) is -3.59. The third-order valence-corrected chi connectivity index (χ3v) is 7.47. The van der Waals surface area contributed by atoms with E-state index in [0.29, 0.717) is 12.3 Å². The van der Waals surface area contributed by atoms with Gasteiger partial charge in [0.1, 0.15) is 0 Å². The fraction of sp³-hybridized carbons (Fsp3) is 1.00. The summed E-state index contributed by atoms with van der Waals surface area (Å²) in [6.45, 7) is 11.8. The van der Waals surface area contributed by atoms with Crippen LogP contribution in [0.25, 0.3) is 0 Å². The minimum atomic E-state index is -3.59. The van der Waals surface area contributed by atoms with Crippen LogP contribution in [-0.4, -0.2) is 38.9 Å². The molecular weight excluding hydrogens is 197 g/mol. The van der Waals surface area contributed by atoms with E-state index in [4.69, 9.17) is 0 Å². The van der Waals surface area contributed by atoms with Gasteiger partial charge in [-0.25, -0.2) is 0 Å². The Labute approximate surface area is 88.3 Å². The van der Waals surface area contributed by atoms with Crippen molar-refractivity contribution in [2.45, 2.75) is 53.6 Å². The van der Waals surface area contributed by atoms with E-state index in [2.05, 4.69) is 0 Å². The van der Waals surface area contributed by atoms with Crippen molar-refractivity contribution >= 4 is 7.21 Å². The maximum atomic E-state index is 10.5. The fourth-order valence-corrected chi connectivity index (χ4v) is 5.45. The topological polar surface area (TPSA) is 43.7 Å². The molecule has 0 saturated heterocycles. The summed E-state index contributed by atoms with van der Waals surface area (Å²) >= 11 is 0. The standard InChI is InChI=1S/C10H26NO2P/c1-7-14(12,13,8-2)11(9(3)4)10(5)6/h9-10,12-13H,7-8H2,1-6H3. The Balaban J connectivity index is 5.15. The average Bonchev–Trinajstić information content (AvgIpc) is 2.03. The van der Waals surface area contributed by atoms with E-state index < -0.39 is 7.21 Å². The molecule has 0 amide bonds. The zero-order valence-corrected chi connectivity index (χ0v) is 11.3. The number of rotatable bonds is 5. The van der Waals surface area contributed by atoms with E-state index in [-0.39, 0.29) is 12.1 Å². The molecule has 14 heavy (non-hydrogen) atoms. The monoisotopic (exact) mass is 223 g/mol. The van der Waals surface area contributed by atoms with Gasteiger partial charge in [-0.3, -0.25) is 0 Å². The first-order valence-corrected chi connectivity index (χ1v) is 7.94. The van der Waals surface area contributed by atoms with Gasteiger partial charge in [0.05, 0.1) is 0 Å². The van der Waals surface area contributed by atoms with Crippen LogP contribution in [0, 0.1) is 0 Å². The summed E-state index contributed by atoms with van der Waals surface area (Å²) in [5.41, 5.74) is 0. The molecule has 0 unspecified atom stereocenters. The molecule has 4 heteroatoms. The van der Waals surface area contributed by atoms with E-state index in [1.165, 1.54) is 0 Å². The molecule has 0 atom stereocenters. The van der Waals surface area contributed by atoms with Gasteiger partial charge in [-0.1, -0.05) is 0 Å². The van der Waals surface area contributed by atoms with Crippen molar-refractivity contribution in [1.29, 1.82) is 0 Å². The summed E-state index contributed by atoms with van der Waals surface area (Å²) < 4.78 is 1.89. The number of nitrogens with zero attached hydrogens (tertiary/aromatic N) is 1. The van der Waals surface area contributed by atoms with Crippen molar-refractivity contribution < 1.29 is 9.79 Å². The van der Waals surface area contributed by atoms with Gasteiger partial charge in [0.25, 0.3) is 0 Å². The maximum absolute atomic E-state index is 10.5. The van der Waals surface area contributed by atoms with E-state index in [9.17, 15) is 9.79 Å². The number of hydrogen-bond donors (Lipinski definition) is 2. The zero-order chi connectivity index (χ0) is 11.6. The van der Waals surface area contributed by atoms with Crippen molar-refractivity contribution in [1.82, 2.24) is 4.67 Å². The second-order valence-corrected chi connectivity index (χ2v) is 8.95. The Morgan fingerprint density at radius 2 is 1.21 bits per heavy atom. The van der Waals surface area contributed by atoms with Crippen LogP contribution < -0.4 is 0 Å². The van der Waals surface area contributed by atoms with Crippen LogP contribution in [0.5, 0.6) is 0 Å². The molecule has 0 aromatic heterocycles. The molecule has 88 valence electrons. The second kappa shape index (κ2) is 4.44. The molecule has 0 heterocycles. The van der Waals surface area contributed by atoms with Crippen molar-refractivity contribution in [3.63, 3.8) is 0 Å². The molecule has 0 spiro atoms. The Bertz CT molecular complexity index is 177. The van der Waals surface area contributed by atoms with E-state index >= 15 is 0 Å². The summed E-state index contributed by atoms with van der Waals surface area (Å²) in [5, 5.41) is 0. The van der Waals surface area contributed by atoms with Crippen molar-refractivity contribution in [2.24, 2.45) is 0 Å². The van der Waals surface area contributed by atoms with Gasteiger partial charge in [-0.05, 0) is 0 Å². The van der Waals surface area contributed by atoms with E-state index in [1.807, 2.05) is 46.2 Å². The van der Waals surface area contributed by atoms with Crippen LogP contribution in [0.15, 0.2) is 0 Å². The van der Waals surface area contributed by atoms with Gasteiger partial charge in [-0.2, -0.15) is 0 Å². The van der Waals surface area contributed by atoms with Gasteiger partial charge < -0.3 is 0 Å². The summed E-state index contributed by atoms with van der Waals surface area (Å²) in [5.74, 6) is 0. The molecule has 3 nitrogen and oxygen atoms in total. The van der Waals surface area contributed by atoms with Gasteiger partial charge in [0, 0.05) is 0 Å². The van der Waals surface area contributed by atoms with Crippen molar-refractivity contribution in [3.8, 4) is 0 Å². The first-order valence-electron chi connectivity index (χ1n) is 5.47. The number of hydrogen-bond acceptors (Lipinski definition) is 3. The average molecular weight is 223 g/mol. The predicted octanol–water partition coefficient (Wildman–Crippen LogP) is 2.43. The fourth-order valence-electron chi connectivity index (χ4n) is 2.21. The first-order chi connectivity index (χ1) is 6.18. The molecule has 0 fully saturated rings. The quantitative estimate of drug-likeness (QED) is 0.703. The van der Waals surface area contributed by atoms with Crippen molar-refractivity contribution in [2.75, 3.05) is 12.3 Å². The molecule has 0 radical (unpaired) electrons. The molecule has 0 rings (SSSR count). The Morgan fingerprint density at radius 1 is 0.929 bits per heavy atom. The molecular formula is C10H26NO2P. The minimum absolute atomic E-state index is 0.169. The van der Waals surface area contributed by atoms with Gasteiger partial charge >= 0.3 is 87.6 Å². The third kappa shape index (κ3) is 2.66. The normalized spacial score (nSPS) is 16.4. The molecule has 0 aromatic carbocycles. The van der Waals surface area contributed by atoms with Crippen LogP contribution in [0.4, 0.5) is 0 Å². The first kappa shape index (κ1) is 14.3. The Morgan fingerprint density at radius 3 is 1.29 bits per heavy atom. The summed E-state index contributed by atoms with van der Waals surface area (Å²) in [6.07, 6.45) is 0.886. The van der Waals surface area contributed by atoms with Gasteiger partial charge in [0.2, 0.25) is 0 Å². The SMILES string of the molecule is CCP(O)(O)(CC)N(C(C)C)C(C)C. The van der Waals surface area contributed by atoms with Crippen molar-refractivity contribution in [3.05, 3.63) is 0 Å². The third-order valence-electron chi connectivity index (χ3n) is 2.89. The van der Waals surface area contributed by atoms with Crippen LogP contribution in [0.3, 0.4) is 0 Å². The van der Waals surface area contributed by atoms with E-state index in [1.54, 1.807) is 0 Å². The zero-order valence-electron chi connectivity index (χ0n) is 10.4. The van der Waals surface area contributed by atoms with Crippen LogP contribution in [0.2, 0.25) is 0 Å². The molecule has 0 aromatic rings. The predicted molar refractivity (Wildman–Crippen MR) is 64.6 cm³/mol. The molecule has 0 bridgehead atoms. The second-order valence-electron chi connectivity index (χ2n) is 4.54. The molecule has 0 aliphatic carbocycles.